The Kier molecular flexibility index (Phi) is 6.50. The summed E-state index contributed by atoms with van der Waals surface area (Å²) in [6.45, 7) is 5.60. The maximum absolute atomic E-state index is 13.0. The van der Waals surface area contributed by atoms with E-state index in [0.29, 0.717) is 32.6 Å². The van der Waals surface area contributed by atoms with Crippen LogP contribution < -0.4 is 0 Å². The molecule has 0 aromatic heterocycles. The molecule has 1 amide bonds. The van der Waals surface area contributed by atoms with Gasteiger partial charge in [-0.1, -0.05) is 19.1 Å². The molecule has 2 atom stereocenters. The molecule has 6 heteroatoms. The third-order valence-corrected chi connectivity index (χ3v) is 6.18. The quantitative estimate of drug-likeness (QED) is 0.854. The Morgan fingerprint density at radius 3 is 2.63 bits per heavy atom. The van der Waals surface area contributed by atoms with E-state index in [1.54, 1.807) is 12.1 Å². The number of aliphatic hydroxyl groups is 1. The first-order valence-corrected chi connectivity index (χ1v) is 9.89. The van der Waals surface area contributed by atoms with E-state index in [0.717, 1.165) is 31.6 Å². The van der Waals surface area contributed by atoms with Crippen molar-refractivity contribution in [3.8, 4) is 0 Å². The second-order valence-corrected chi connectivity index (χ2v) is 8.17. The van der Waals surface area contributed by atoms with Crippen LogP contribution in [0.4, 0.5) is 4.39 Å². The maximum Gasteiger partial charge on any atom is 0.236 e. The van der Waals surface area contributed by atoms with Crippen LogP contribution in [0.3, 0.4) is 0 Å². The predicted molar refractivity (Wildman–Crippen MR) is 102 cm³/mol. The summed E-state index contributed by atoms with van der Waals surface area (Å²) in [5.41, 5.74) is 0.285. The summed E-state index contributed by atoms with van der Waals surface area (Å²) in [6, 6.07) is 6.36. The normalized spacial score (nSPS) is 27.1. The second kappa shape index (κ2) is 8.67. The molecule has 3 rings (SSSR count). The minimum Gasteiger partial charge on any atom is -0.389 e. The van der Waals surface area contributed by atoms with Crippen LogP contribution in [0, 0.1) is 17.7 Å². The Bertz CT molecular complexity index is 633. The topological polar surface area (TPSA) is 53.0 Å². The van der Waals surface area contributed by atoms with Crippen molar-refractivity contribution in [3.05, 3.63) is 35.6 Å². The lowest BCUT2D eigenvalue weighted by Gasteiger charge is -2.48. The van der Waals surface area contributed by atoms with Gasteiger partial charge in [0.05, 0.1) is 12.1 Å². The van der Waals surface area contributed by atoms with E-state index >= 15 is 0 Å². The van der Waals surface area contributed by atoms with Gasteiger partial charge in [-0.25, -0.2) is 4.39 Å². The Hall–Kier alpha value is -1.50. The van der Waals surface area contributed by atoms with Gasteiger partial charge in [0.15, 0.2) is 0 Å². The maximum atomic E-state index is 13.0. The molecule has 0 bridgehead atoms. The van der Waals surface area contributed by atoms with Crippen LogP contribution in [0.2, 0.25) is 0 Å². The third kappa shape index (κ3) is 4.86. The number of rotatable bonds is 5. The van der Waals surface area contributed by atoms with Gasteiger partial charge in [-0.05, 0) is 49.9 Å². The molecule has 1 aromatic carbocycles. The first-order valence-electron chi connectivity index (χ1n) is 9.89. The zero-order chi connectivity index (χ0) is 19.4. The number of hydrogen-bond donors (Lipinski definition) is 1. The molecule has 5 nitrogen and oxygen atoms in total. The largest absolute Gasteiger partial charge is 0.389 e. The molecule has 0 spiro atoms. The first-order chi connectivity index (χ1) is 12.9. The van der Waals surface area contributed by atoms with Gasteiger partial charge < -0.3 is 14.7 Å². The monoisotopic (exact) mass is 378 g/mol. The molecular formula is C21H31FN2O3. The first kappa shape index (κ1) is 20.2. The van der Waals surface area contributed by atoms with Crippen molar-refractivity contribution in [1.82, 2.24) is 9.80 Å². The molecule has 2 aliphatic heterocycles. The van der Waals surface area contributed by atoms with E-state index in [1.807, 2.05) is 16.8 Å². The fourth-order valence-electron chi connectivity index (χ4n) is 4.46. The number of piperidine rings is 1. The Morgan fingerprint density at radius 2 is 2.00 bits per heavy atom. The van der Waals surface area contributed by atoms with E-state index in [-0.39, 0.29) is 23.6 Å². The number of carbonyl (C=O) groups is 1. The summed E-state index contributed by atoms with van der Waals surface area (Å²) in [5.74, 6) is 0.151. The number of halogens is 1. The van der Waals surface area contributed by atoms with Gasteiger partial charge in [-0.3, -0.25) is 9.69 Å². The van der Waals surface area contributed by atoms with Gasteiger partial charge >= 0.3 is 0 Å². The van der Waals surface area contributed by atoms with Crippen molar-refractivity contribution < 1.29 is 19.0 Å². The number of carbonyl (C=O) groups excluding carboxylic acids is 1. The minimum atomic E-state index is -0.694. The van der Waals surface area contributed by atoms with Crippen LogP contribution in [-0.2, 0) is 16.1 Å². The summed E-state index contributed by atoms with van der Waals surface area (Å²) in [4.78, 5) is 16.5. The highest BCUT2D eigenvalue weighted by Crippen LogP contribution is 2.39. The van der Waals surface area contributed by atoms with Gasteiger partial charge in [0, 0.05) is 38.8 Å². The molecule has 0 aliphatic carbocycles. The predicted octanol–water partition coefficient (Wildman–Crippen LogP) is 2.28. The summed E-state index contributed by atoms with van der Waals surface area (Å²) in [7, 11) is 1.90. The highest BCUT2D eigenvalue weighted by Gasteiger charge is 2.45. The molecule has 0 saturated carbocycles. The molecule has 27 heavy (non-hydrogen) atoms. The van der Waals surface area contributed by atoms with Gasteiger partial charge in [-0.2, -0.15) is 0 Å². The van der Waals surface area contributed by atoms with E-state index in [1.165, 1.54) is 12.1 Å². The summed E-state index contributed by atoms with van der Waals surface area (Å²) in [6.07, 6.45) is 2.43. The smallest absolute Gasteiger partial charge is 0.236 e. The van der Waals surface area contributed by atoms with Gasteiger partial charge in [0.2, 0.25) is 5.91 Å². The van der Waals surface area contributed by atoms with Gasteiger partial charge in [-0.15, -0.1) is 0 Å². The van der Waals surface area contributed by atoms with Crippen LogP contribution in [0.1, 0.15) is 31.7 Å². The highest BCUT2D eigenvalue weighted by molar-refractivity contribution is 5.78. The van der Waals surface area contributed by atoms with Gasteiger partial charge in [0.1, 0.15) is 5.82 Å². The van der Waals surface area contributed by atoms with Crippen molar-refractivity contribution in [2.75, 3.05) is 39.9 Å². The molecule has 2 aliphatic rings. The zero-order valence-electron chi connectivity index (χ0n) is 16.4. The minimum absolute atomic E-state index is 0.0562. The number of likely N-dealkylation sites (tertiary alicyclic amines) is 1. The Labute approximate surface area is 161 Å². The van der Waals surface area contributed by atoms with E-state index in [4.69, 9.17) is 4.74 Å². The molecule has 0 radical (unpaired) electrons. The molecule has 2 saturated heterocycles. The fraction of sp³-hybridized carbons (Fsp3) is 0.667. The van der Waals surface area contributed by atoms with Crippen molar-refractivity contribution in [2.24, 2.45) is 11.8 Å². The fourth-order valence-corrected chi connectivity index (χ4v) is 4.46. The van der Waals surface area contributed by atoms with Crippen molar-refractivity contribution in [2.45, 2.75) is 38.3 Å². The van der Waals surface area contributed by atoms with Crippen molar-refractivity contribution in [1.29, 1.82) is 0 Å². The Balaban J connectivity index is 1.51. The zero-order valence-corrected chi connectivity index (χ0v) is 16.4. The lowest BCUT2D eigenvalue weighted by atomic mass is 9.70. The standard InChI is InChI=1S/C21H31FN2O3/c1-16-13-24(10-9-21(16,26)18-7-11-27-12-8-18)20(25)15-23(2)14-17-3-5-19(22)6-4-17/h3-6,16,18,26H,7-15H2,1-2H3. The molecule has 2 unspecified atom stereocenters. The number of ether oxygens (including phenoxy) is 1. The summed E-state index contributed by atoms with van der Waals surface area (Å²) in [5, 5.41) is 11.2. The lowest BCUT2D eigenvalue weighted by molar-refractivity contribution is -0.152. The lowest BCUT2D eigenvalue weighted by Crippen LogP contribution is -2.57. The van der Waals surface area contributed by atoms with Crippen LogP contribution in [-0.4, -0.2) is 66.3 Å². The number of amides is 1. The number of benzene rings is 1. The Morgan fingerprint density at radius 1 is 1.33 bits per heavy atom. The SMILES string of the molecule is CC1CN(C(=O)CN(C)Cc2ccc(F)cc2)CCC1(O)C1CCOCC1. The average Bonchev–Trinajstić information content (AvgIpc) is 2.66. The average molecular weight is 378 g/mol. The van der Waals surface area contributed by atoms with Crippen LogP contribution in [0.5, 0.6) is 0 Å². The van der Waals surface area contributed by atoms with Crippen LogP contribution in [0.15, 0.2) is 24.3 Å². The van der Waals surface area contributed by atoms with E-state index < -0.39 is 5.60 Å². The molecule has 150 valence electrons. The highest BCUT2D eigenvalue weighted by atomic mass is 19.1. The van der Waals surface area contributed by atoms with Crippen molar-refractivity contribution in [3.63, 3.8) is 0 Å². The van der Waals surface area contributed by atoms with E-state index in [9.17, 15) is 14.3 Å². The number of nitrogens with zero attached hydrogens (tertiary/aromatic N) is 2. The number of hydrogen-bond acceptors (Lipinski definition) is 4. The molecule has 2 heterocycles. The van der Waals surface area contributed by atoms with Crippen LogP contribution in [0.25, 0.3) is 0 Å². The third-order valence-electron chi connectivity index (χ3n) is 6.18. The molecule has 1 N–H and O–H groups in total. The summed E-state index contributed by atoms with van der Waals surface area (Å²) < 4.78 is 18.4. The molecule has 2 fully saturated rings. The van der Waals surface area contributed by atoms with Gasteiger partial charge in [0.25, 0.3) is 0 Å². The molecule has 1 aromatic rings. The molecular weight excluding hydrogens is 347 g/mol. The summed E-state index contributed by atoms with van der Waals surface area (Å²) >= 11 is 0. The van der Waals surface area contributed by atoms with E-state index in [2.05, 4.69) is 6.92 Å². The second-order valence-electron chi connectivity index (χ2n) is 8.17. The number of likely N-dealkylation sites (N-methyl/N-ethyl adjacent to an activating group) is 1. The van der Waals surface area contributed by atoms with Crippen LogP contribution >= 0.6 is 0 Å². The van der Waals surface area contributed by atoms with Crippen molar-refractivity contribution >= 4 is 5.91 Å².